The number of anilines is 1. The van der Waals surface area contributed by atoms with Crippen LogP contribution in [0.3, 0.4) is 0 Å². The van der Waals surface area contributed by atoms with Gasteiger partial charge >= 0.3 is 0 Å². The van der Waals surface area contributed by atoms with Crippen molar-refractivity contribution >= 4 is 5.82 Å². The second kappa shape index (κ2) is 5.54. The van der Waals surface area contributed by atoms with Crippen molar-refractivity contribution in [3.8, 4) is 0 Å². The first kappa shape index (κ1) is 10.9. The third-order valence-electron chi connectivity index (χ3n) is 2.14. The minimum atomic E-state index is 0.191. The van der Waals surface area contributed by atoms with Crippen molar-refractivity contribution < 1.29 is 5.11 Å². The third kappa shape index (κ3) is 3.30. The molecule has 0 bridgehead atoms. The van der Waals surface area contributed by atoms with Crippen molar-refractivity contribution in [2.75, 3.05) is 11.9 Å². The number of nitrogens with zero attached hydrogens (tertiary/aromatic N) is 2. The summed E-state index contributed by atoms with van der Waals surface area (Å²) in [7, 11) is 0. The van der Waals surface area contributed by atoms with Gasteiger partial charge in [0.15, 0.2) is 0 Å². The lowest BCUT2D eigenvalue weighted by Crippen LogP contribution is -2.27. The first-order chi connectivity index (χ1) is 6.74. The number of nitrogens with one attached hydrogen (secondary N) is 1. The largest absolute Gasteiger partial charge is 0.396 e. The van der Waals surface area contributed by atoms with E-state index in [4.69, 9.17) is 5.11 Å². The predicted molar refractivity (Wildman–Crippen MR) is 56.0 cm³/mol. The average molecular weight is 195 g/mol. The fourth-order valence-electron chi connectivity index (χ4n) is 1.27. The molecule has 4 nitrogen and oxygen atoms in total. The van der Waals surface area contributed by atoms with Crippen LogP contribution >= 0.6 is 0 Å². The van der Waals surface area contributed by atoms with Crippen LogP contribution < -0.4 is 5.32 Å². The summed E-state index contributed by atoms with van der Waals surface area (Å²) in [6, 6.07) is 0.247. The molecule has 0 aliphatic rings. The van der Waals surface area contributed by atoms with Crippen LogP contribution in [0, 0.1) is 5.92 Å². The summed E-state index contributed by atoms with van der Waals surface area (Å²) in [5.41, 5.74) is 0. The monoisotopic (exact) mass is 195 g/mol. The predicted octanol–water partition coefficient (Wildman–Crippen LogP) is 1.30. The highest BCUT2D eigenvalue weighted by Crippen LogP contribution is 2.11. The molecule has 14 heavy (non-hydrogen) atoms. The van der Waals surface area contributed by atoms with Crippen molar-refractivity contribution in [3.05, 3.63) is 18.6 Å². The molecule has 0 radical (unpaired) electrons. The molecule has 1 unspecified atom stereocenters. The molecule has 78 valence electrons. The number of aliphatic hydroxyl groups is 1. The molecule has 1 aromatic heterocycles. The molecule has 1 heterocycles. The lowest BCUT2D eigenvalue weighted by atomic mass is 10.0. The van der Waals surface area contributed by atoms with Gasteiger partial charge < -0.3 is 10.4 Å². The highest BCUT2D eigenvalue weighted by atomic mass is 16.3. The van der Waals surface area contributed by atoms with Crippen molar-refractivity contribution in [2.45, 2.75) is 26.3 Å². The van der Waals surface area contributed by atoms with E-state index in [2.05, 4.69) is 29.1 Å². The van der Waals surface area contributed by atoms with E-state index in [1.807, 2.05) is 0 Å². The van der Waals surface area contributed by atoms with Gasteiger partial charge in [0.05, 0.1) is 6.20 Å². The van der Waals surface area contributed by atoms with Crippen LogP contribution in [-0.2, 0) is 0 Å². The minimum absolute atomic E-state index is 0.191. The van der Waals surface area contributed by atoms with Gasteiger partial charge in [0.2, 0.25) is 0 Å². The lowest BCUT2D eigenvalue weighted by molar-refractivity contribution is 0.267. The smallest absolute Gasteiger partial charge is 0.144 e. The summed E-state index contributed by atoms with van der Waals surface area (Å²) in [4.78, 5) is 8.10. The zero-order chi connectivity index (χ0) is 10.4. The molecule has 0 spiro atoms. The Balaban J connectivity index is 2.55. The van der Waals surface area contributed by atoms with Crippen LogP contribution in [0.5, 0.6) is 0 Å². The summed E-state index contributed by atoms with van der Waals surface area (Å²) in [5, 5.41) is 12.1. The maximum absolute atomic E-state index is 8.89. The van der Waals surface area contributed by atoms with Crippen LogP contribution in [0.4, 0.5) is 5.82 Å². The molecule has 0 saturated heterocycles. The summed E-state index contributed by atoms with van der Waals surface area (Å²) in [6.07, 6.45) is 5.71. The molecule has 0 aliphatic heterocycles. The number of rotatable bonds is 5. The Kier molecular flexibility index (Phi) is 4.32. The second-order valence-electron chi connectivity index (χ2n) is 3.60. The van der Waals surface area contributed by atoms with Crippen LogP contribution in [-0.4, -0.2) is 27.7 Å². The first-order valence-corrected chi connectivity index (χ1v) is 4.87. The van der Waals surface area contributed by atoms with E-state index in [9.17, 15) is 0 Å². The van der Waals surface area contributed by atoms with Crippen molar-refractivity contribution in [3.63, 3.8) is 0 Å². The van der Waals surface area contributed by atoms with E-state index in [1.54, 1.807) is 18.6 Å². The number of hydrogen-bond acceptors (Lipinski definition) is 4. The average Bonchev–Trinajstić information content (AvgIpc) is 2.18. The fourth-order valence-corrected chi connectivity index (χ4v) is 1.27. The Labute approximate surface area is 84.4 Å². The van der Waals surface area contributed by atoms with Gasteiger partial charge in [-0.25, -0.2) is 4.98 Å². The topological polar surface area (TPSA) is 58.0 Å². The SMILES string of the molecule is CC(C)C(CCO)Nc1cnccn1. The van der Waals surface area contributed by atoms with E-state index < -0.39 is 0 Å². The van der Waals surface area contributed by atoms with Gasteiger partial charge in [-0.05, 0) is 12.3 Å². The molecule has 2 N–H and O–H groups in total. The van der Waals surface area contributed by atoms with E-state index in [1.165, 1.54) is 0 Å². The van der Waals surface area contributed by atoms with Crippen LogP contribution in [0.2, 0.25) is 0 Å². The lowest BCUT2D eigenvalue weighted by Gasteiger charge is -2.21. The van der Waals surface area contributed by atoms with Crippen molar-refractivity contribution in [1.82, 2.24) is 9.97 Å². The summed E-state index contributed by atoms with van der Waals surface area (Å²) in [5.74, 6) is 1.23. The van der Waals surface area contributed by atoms with E-state index in [-0.39, 0.29) is 12.6 Å². The fraction of sp³-hybridized carbons (Fsp3) is 0.600. The van der Waals surface area contributed by atoms with E-state index in [0.29, 0.717) is 5.92 Å². The van der Waals surface area contributed by atoms with Gasteiger partial charge in [-0.15, -0.1) is 0 Å². The Bertz CT molecular complexity index is 251. The van der Waals surface area contributed by atoms with Gasteiger partial charge in [-0.1, -0.05) is 13.8 Å². The Morgan fingerprint density at radius 2 is 2.21 bits per heavy atom. The highest BCUT2D eigenvalue weighted by Gasteiger charge is 2.12. The van der Waals surface area contributed by atoms with Crippen LogP contribution in [0.1, 0.15) is 20.3 Å². The maximum Gasteiger partial charge on any atom is 0.144 e. The molecular weight excluding hydrogens is 178 g/mol. The number of aliphatic hydroxyl groups excluding tert-OH is 1. The van der Waals surface area contributed by atoms with Gasteiger partial charge in [0.25, 0.3) is 0 Å². The molecular formula is C10H17N3O. The molecule has 0 fully saturated rings. The van der Waals surface area contributed by atoms with Gasteiger partial charge in [-0.3, -0.25) is 4.98 Å². The molecule has 0 aliphatic carbocycles. The third-order valence-corrected chi connectivity index (χ3v) is 2.14. The summed E-state index contributed by atoms with van der Waals surface area (Å²) < 4.78 is 0. The molecule has 1 aromatic rings. The Hall–Kier alpha value is -1.16. The van der Waals surface area contributed by atoms with Crippen LogP contribution in [0.25, 0.3) is 0 Å². The number of hydrogen-bond donors (Lipinski definition) is 2. The molecule has 0 amide bonds. The van der Waals surface area contributed by atoms with Gasteiger partial charge in [0, 0.05) is 25.0 Å². The molecule has 1 atom stereocenters. The minimum Gasteiger partial charge on any atom is -0.396 e. The van der Waals surface area contributed by atoms with E-state index >= 15 is 0 Å². The number of aromatic nitrogens is 2. The highest BCUT2D eigenvalue weighted by molar-refractivity contribution is 5.31. The Morgan fingerprint density at radius 1 is 1.43 bits per heavy atom. The zero-order valence-electron chi connectivity index (χ0n) is 8.64. The van der Waals surface area contributed by atoms with Crippen LogP contribution in [0.15, 0.2) is 18.6 Å². The molecule has 1 rings (SSSR count). The summed E-state index contributed by atoms with van der Waals surface area (Å²) >= 11 is 0. The Morgan fingerprint density at radius 3 is 2.71 bits per heavy atom. The standard InChI is InChI=1S/C10H17N3O/c1-8(2)9(3-6-14)13-10-7-11-4-5-12-10/h4-5,7-9,14H,3,6H2,1-2H3,(H,12,13). The zero-order valence-corrected chi connectivity index (χ0v) is 8.64. The van der Waals surface area contributed by atoms with E-state index in [0.717, 1.165) is 12.2 Å². The van der Waals surface area contributed by atoms with Gasteiger partial charge in [-0.2, -0.15) is 0 Å². The summed E-state index contributed by atoms with van der Waals surface area (Å²) in [6.45, 7) is 4.42. The quantitative estimate of drug-likeness (QED) is 0.743. The maximum atomic E-state index is 8.89. The van der Waals surface area contributed by atoms with Crippen molar-refractivity contribution in [2.24, 2.45) is 5.92 Å². The normalized spacial score (nSPS) is 12.9. The second-order valence-corrected chi connectivity index (χ2v) is 3.60. The molecule has 0 aromatic carbocycles. The van der Waals surface area contributed by atoms with Crippen molar-refractivity contribution in [1.29, 1.82) is 0 Å². The molecule has 4 heteroatoms. The van der Waals surface area contributed by atoms with Gasteiger partial charge in [0.1, 0.15) is 5.82 Å². The molecule has 0 saturated carbocycles. The first-order valence-electron chi connectivity index (χ1n) is 4.87.